The van der Waals surface area contributed by atoms with Gasteiger partial charge in [0.15, 0.2) is 5.78 Å². The fourth-order valence-electron chi connectivity index (χ4n) is 5.89. The first-order chi connectivity index (χ1) is 15.7. The van der Waals surface area contributed by atoms with E-state index in [0.29, 0.717) is 39.0 Å². The minimum absolute atomic E-state index is 0.0828. The van der Waals surface area contributed by atoms with Gasteiger partial charge in [0.2, 0.25) is 0 Å². The van der Waals surface area contributed by atoms with Crippen LogP contribution >= 0.6 is 15.9 Å². The summed E-state index contributed by atoms with van der Waals surface area (Å²) in [7, 11) is 0. The molecule has 33 heavy (non-hydrogen) atoms. The Morgan fingerprint density at radius 2 is 1.88 bits per heavy atom. The van der Waals surface area contributed by atoms with Gasteiger partial charge in [-0.1, -0.05) is 20.8 Å². The van der Waals surface area contributed by atoms with Crippen LogP contribution in [-0.2, 0) is 6.54 Å². The van der Waals surface area contributed by atoms with Crippen molar-refractivity contribution in [3.8, 4) is 0 Å². The Kier molecular flexibility index (Phi) is 6.72. The average molecular weight is 515 g/mol. The number of rotatable bonds is 8. The highest BCUT2D eigenvalue weighted by molar-refractivity contribution is 9.10. The summed E-state index contributed by atoms with van der Waals surface area (Å²) in [4.78, 5) is 28.0. The van der Waals surface area contributed by atoms with Crippen LogP contribution < -0.4 is 15.8 Å². The normalized spacial score (nSPS) is 25.3. The molecule has 0 aliphatic heterocycles. The van der Waals surface area contributed by atoms with Crippen LogP contribution in [-0.4, -0.2) is 34.7 Å². The van der Waals surface area contributed by atoms with E-state index in [4.69, 9.17) is 0 Å². The number of nitrogens with zero attached hydrogens (tertiary/aromatic N) is 3. The summed E-state index contributed by atoms with van der Waals surface area (Å²) in [5.74, 6) is 1.85. The second-order valence-electron chi connectivity index (χ2n) is 10.2. The maximum atomic E-state index is 12.9. The number of halogens is 1. The summed E-state index contributed by atoms with van der Waals surface area (Å²) >= 11 is 3.46. The number of Topliss-reactive ketones (excluding diaryl/α,β-unsaturated/α-hetero) is 1. The lowest BCUT2D eigenvalue weighted by Gasteiger charge is -2.62. The predicted octanol–water partition coefficient (Wildman–Crippen LogP) is 5.22. The van der Waals surface area contributed by atoms with Gasteiger partial charge in [-0.3, -0.25) is 9.59 Å². The van der Waals surface area contributed by atoms with Crippen molar-refractivity contribution in [1.82, 2.24) is 9.78 Å². The molecule has 0 amide bonds. The Morgan fingerprint density at radius 3 is 2.45 bits per heavy atom. The standard InChI is InChI=1S/C26H35BrN4O2/c1-6-30(7-2)19-10-8-17(9-11-19)23(32)15-31-25(33)24(27)22(14-28-31)29-21-13-18-12-20(16(21)3)26(18,4)5/h8-11,14,16,18,20-21,29H,6-7,12-13,15H2,1-5H3/t16-,18+,20-,21-/m1/s1. The first-order valence-electron chi connectivity index (χ1n) is 12.1. The number of fused-ring (bicyclic) bond motifs is 2. The molecule has 3 aliphatic carbocycles. The van der Waals surface area contributed by atoms with E-state index in [9.17, 15) is 9.59 Å². The van der Waals surface area contributed by atoms with E-state index in [1.165, 1.54) is 11.1 Å². The summed E-state index contributed by atoms with van der Waals surface area (Å²) in [5, 5.41) is 7.87. The van der Waals surface area contributed by atoms with Crippen molar-refractivity contribution in [2.75, 3.05) is 23.3 Å². The van der Waals surface area contributed by atoms with Gasteiger partial charge in [0.05, 0.1) is 11.9 Å². The zero-order valence-corrected chi connectivity index (χ0v) is 21.9. The maximum Gasteiger partial charge on any atom is 0.283 e. The Bertz CT molecular complexity index is 1070. The summed E-state index contributed by atoms with van der Waals surface area (Å²) in [5.41, 5.74) is 2.50. The fourth-order valence-corrected chi connectivity index (χ4v) is 6.31. The lowest BCUT2D eigenvalue weighted by Crippen LogP contribution is -2.58. The topological polar surface area (TPSA) is 67.2 Å². The molecule has 4 atom stereocenters. The highest BCUT2D eigenvalue weighted by Gasteiger charge is 2.56. The summed E-state index contributed by atoms with van der Waals surface area (Å²) in [6, 6.07) is 7.89. The molecule has 0 radical (unpaired) electrons. The van der Waals surface area contributed by atoms with E-state index >= 15 is 0 Å². The van der Waals surface area contributed by atoms with Crippen molar-refractivity contribution in [2.24, 2.45) is 23.2 Å². The third-order valence-corrected chi connectivity index (χ3v) is 9.06. The van der Waals surface area contributed by atoms with Crippen LogP contribution in [0.5, 0.6) is 0 Å². The molecule has 1 heterocycles. The van der Waals surface area contributed by atoms with Crippen molar-refractivity contribution in [3.05, 3.63) is 50.9 Å². The van der Waals surface area contributed by atoms with Gasteiger partial charge in [-0.25, -0.2) is 4.68 Å². The Hall–Kier alpha value is -2.15. The van der Waals surface area contributed by atoms with Crippen LogP contribution in [0.15, 0.2) is 39.7 Å². The molecular formula is C26H35BrN4O2. The largest absolute Gasteiger partial charge is 0.380 e. The molecule has 1 aromatic heterocycles. The molecule has 178 valence electrons. The molecule has 0 unspecified atom stereocenters. The van der Waals surface area contributed by atoms with Gasteiger partial charge in [-0.15, -0.1) is 0 Å². The number of anilines is 2. The first-order valence-corrected chi connectivity index (χ1v) is 12.9. The van der Waals surface area contributed by atoms with Crippen molar-refractivity contribution >= 4 is 33.1 Å². The minimum atomic E-state index is -0.290. The number of aromatic nitrogens is 2. The third kappa shape index (κ3) is 4.36. The number of benzene rings is 1. The zero-order valence-electron chi connectivity index (χ0n) is 20.3. The third-order valence-electron chi connectivity index (χ3n) is 8.29. The van der Waals surface area contributed by atoms with E-state index < -0.39 is 0 Å². The Labute approximate surface area is 204 Å². The van der Waals surface area contributed by atoms with Gasteiger partial charge < -0.3 is 10.2 Å². The number of carbonyl (C=O) groups is 1. The fraction of sp³-hybridized carbons (Fsp3) is 0.577. The molecule has 3 fully saturated rings. The molecule has 1 aromatic carbocycles. The van der Waals surface area contributed by atoms with E-state index in [1.54, 1.807) is 6.20 Å². The van der Waals surface area contributed by atoms with Crippen LogP contribution in [0, 0.1) is 23.2 Å². The second-order valence-corrected chi connectivity index (χ2v) is 11.0. The monoisotopic (exact) mass is 514 g/mol. The quantitative estimate of drug-likeness (QED) is 0.489. The predicted molar refractivity (Wildman–Crippen MR) is 137 cm³/mol. The number of hydrogen-bond donors (Lipinski definition) is 1. The maximum absolute atomic E-state index is 12.9. The first kappa shape index (κ1) is 24.0. The number of hydrogen-bond acceptors (Lipinski definition) is 5. The number of nitrogens with one attached hydrogen (secondary N) is 1. The molecule has 3 saturated carbocycles. The molecule has 1 N–H and O–H groups in total. The lowest BCUT2D eigenvalue weighted by molar-refractivity contribution is -0.105. The van der Waals surface area contributed by atoms with Crippen molar-refractivity contribution < 1.29 is 4.79 Å². The second kappa shape index (κ2) is 9.24. The van der Waals surface area contributed by atoms with Crippen LogP contribution in [0.3, 0.4) is 0 Å². The van der Waals surface area contributed by atoms with Crippen LogP contribution in [0.4, 0.5) is 11.4 Å². The minimum Gasteiger partial charge on any atom is -0.380 e. The molecule has 2 aromatic rings. The highest BCUT2D eigenvalue weighted by atomic mass is 79.9. The van der Waals surface area contributed by atoms with Crippen molar-refractivity contribution in [3.63, 3.8) is 0 Å². The molecule has 0 saturated heterocycles. The zero-order chi connectivity index (χ0) is 23.9. The van der Waals surface area contributed by atoms with E-state index in [1.807, 2.05) is 24.3 Å². The van der Waals surface area contributed by atoms with E-state index in [0.717, 1.165) is 31.1 Å². The number of carbonyl (C=O) groups excluding carboxylic acids is 1. The van der Waals surface area contributed by atoms with E-state index in [-0.39, 0.29) is 17.9 Å². The van der Waals surface area contributed by atoms with Crippen LogP contribution in [0.25, 0.3) is 0 Å². The van der Waals surface area contributed by atoms with Crippen molar-refractivity contribution in [2.45, 2.75) is 60.0 Å². The average Bonchev–Trinajstić information content (AvgIpc) is 2.80. The molecule has 5 rings (SSSR count). The van der Waals surface area contributed by atoms with Gasteiger partial charge in [-0.05, 0) is 90.1 Å². The summed E-state index contributed by atoms with van der Waals surface area (Å²) in [6.45, 7) is 13.0. The highest BCUT2D eigenvalue weighted by Crippen LogP contribution is 2.61. The van der Waals surface area contributed by atoms with Crippen molar-refractivity contribution in [1.29, 1.82) is 0 Å². The Balaban J connectivity index is 1.44. The van der Waals surface area contributed by atoms with Gasteiger partial charge in [0, 0.05) is 30.4 Å². The van der Waals surface area contributed by atoms with Gasteiger partial charge in [0.25, 0.3) is 5.56 Å². The smallest absolute Gasteiger partial charge is 0.283 e. The lowest BCUT2D eigenvalue weighted by atomic mass is 9.45. The van der Waals surface area contributed by atoms with Gasteiger partial charge >= 0.3 is 0 Å². The Morgan fingerprint density at radius 1 is 1.21 bits per heavy atom. The molecule has 3 aliphatic rings. The summed E-state index contributed by atoms with van der Waals surface area (Å²) < 4.78 is 1.67. The van der Waals surface area contributed by atoms with Crippen LogP contribution in [0.1, 0.15) is 57.8 Å². The summed E-state index contributed by atoms with van der Waals surface area (Å²) in [6.07, 6.45) is 4.09. The number of ketones is 1. The molecular weight excluding hydrogens is 480 g/mol. The molecule has 6 nitrogen and oxygen atoms in total. The SMILES string of the molecule is CCN(CC)c1ccc(C(=O)Cn2ncc(N[C@@H]3C[C@@H]4C[C@H]([C@H]3C)C4(C)C)c(Br)c2=O)cc1. The molecule has 0 spiro atoms. The molecule has 7 heteroatoms. The van der Waals surface area contributed by atoms with Crippen LogP contribution in [0.2, 0.25) is 0 Å². The van der Waals surface area contributed by atoms with E-state index in [2.05, 4.69) is 65.9 Å². The van der Waals surface area contributed by atoms with Gasteiger partial charge in [-0.2, -0.15) is 5.10 Å². The molecule has 2 bridgehead atoms. The van der Waals surface area contributed by atoms with Gasteiger partial charge in [0.1, 0.15) is 11.0 Å².